The van der Waals surface area contributed by atoms with Crippen LogP contribution in [0, 0.1) is 5.92 Å². The van der Waals surface area contributed by atoms with Crippen LogP contribution < -0.4 is 11.1 Å². The predicted molar refractivity (Wildman–Crippen MR) is 79.0 cm³/mol. The van der Waals surface area contributed by atoms with Gasteiger partial charge in [0.2, 0.25) is 0 Å². The Morgan fingerprint density at radius 1 is 1.33 bits per heavy atom. The Morgan fingerprint density at radius 2 is 2.11 bits per heavy atom. The summed E-state index contributed by atoms with van der Waals surface area (Å²) in [5.74, 6) is 2.38. The molecule has 0 aromatic heterocycles. The number of nitrogens with zero attached hydrogens (tertiary/aromatic N) is 1. The lowest BCUT2D eigenvalue weighted by atomic mass is 9.86. The van der Waals surface area contributed by atoms with Crippen LogP contribution in [0.5, 0.6) is 0 Å². The summed E-state index contributed by atoms with van der Waals surface area (Å²) >= 11 is 1.83. The van der Waals surface area contributed by atoms with Crippen molar-refractivity contribution in [2.45, 2.75) is 24.2 Å². The minimum atomic E-state index is 0.593. The molecule has 1 aliphatic rings. The van der Waals surface area contributed by atoms with Gasteiger partial charge in [-0.05, 0) is 30.9 Å². The molecule has 0 amide bonds. The summed E-state index contributed by atoms with van der Waals surface area (Å²) in [5, 5.41) is 3.16. The Balaban J connectivity index is 1.57. The quantitative estimate of drug-likeness (QED) is 0.359. The number of thioether (sulfide) groups is 1. The molecule has 1 aliphatic carbocycles. The van der Waals surface area contributed by atoms with Crippen molar-refractivity contribution in [3.05, 3.63) is 30.3 Å². The summed E-state index contributed by atoms with van der Waals surface area (Å²) in [6.07, 6.45) is 4.00. The minimum absolute atomic E-state index is 0.593. The molecule has 98 valence electrons. The third-order valence-corrected chi connectivity index (χ3v) is 4.18. The number of guanidine groups is 1. The second kappa shape index (κ2) is 7.31. The molecule has 0 aliphatic heterocycles. The van der Waals surface area contributed by atoms with E-state index in [-0.39, 0.29) is 0 Å². The average molecular weight is 263 g/mol. The fraction of sp³-hybridized carbons (Fsp3) is 0.500. The van der Waals surface area contributed by atoms with Crippen molar-refractivity contribution in [1.29, 1.82) is 0 Å². The molecule has 0 atom stereocenters. The van der Waals surface area contributed by atoms with E-state index in [1.807, 2.05) is 17.8 Å². The average Bonchev–Trinajstić information content (AvgIpc) is 2.34. The number of aliphatic imine (C=N–C) groups is 1. The zero-order chi connectivity index (χ0) is 12.6. The highest BCUT2D eigenvalue weighted by atomic mass is 32.2. The van der Waals surface area contributed by atoms with E-state index in [0.717, 1.165) is 24.8 Å². The zero-order valence-electron chi connectivity index (χ0n) is 10.6. The molecule has 0 heterocycles. The number of rotatable bonds is 6. The van der Waals surface area contributed by atoms with E-state index in [1.165, 1.54) is 24.2 Å². The molecular formula is C14H21N3S. The van der Waals surface area contributed by atoms with Gasteiger partial charge in [-0.1, -0.05) is 24.6 Å². The first kappa shape index (κ1) is 13.3. The van der Waals surface area contributed by atoms with Gasteiger partial charge in [-0.3, -0.25) is 4.99 Å². The fourth-order valence-corrected chi connectivity index (χ4v) is 2.61. The van der Waals surface area contributed by atoms with Crippen LogP contribution in [0.1, 0.15) is 19.3 Å². The number of hydrogen-bond acceptors (Lipinski definition) is 2. The standard InChI is InChI=1S/C14H21N3S/c15-14(17-11-12-5-4-6-12)16-9-10-18-13-7-2-1-3-8-13/h1-3,7-8,12H,4-6,9-11H2,(H3,15,16,17). The van der Waals surface area contributed by atoms with Crippen molar-refractivity contribution >= 4 is 17.7 Å². The van der Waals surface area contributed by atoms with Crippen molar-refractivity contribution in [1.82, 2.24) is 5.32 Å². The number of nitrogens with two attached hydrogens (primary N) is 1. The lowest BCUT2D eigenvalue weighted by Crippen LogP contribution is -2.34. The van der Waals surface area contributed by atoms with Crippen LogP contribution in [0.2, 0.25) is 0 Å². The fourth-order valence-electron chi connectivity index (χ4n) is 1.82. The monoisotopic (exact) mass is 263 g/mol. The molecule has 1 aromatic carbocycles. The van der Waals surface area contributed by atoms with Gasteiger partial charge in [0.15, 0.2) is 5.96 Å². The van der Waals surface area contributed by atoms with Crippen LogP contribution in [-0.4, -0.2) is 24.8 Å². The Kier molecular flexibility index (Phi) is 5.39. The van der Waals surface area contributed by atoms with Gasteiger partial charge in [0, 0.05) is 23.7 Å². The van der Waals surface area contributed by atoms with Gasteiger partial charge in [-0.15, -0.1) is 11.8 Å². The number of benzene rings is 1. The molecule has 0 saturated heterocycles. The first-order valence-corrected chi connectivity index (χ1v) is 7.55. The maximum atomic E-state index is 5.81. The Morgan fingerprint density at radius 3 is 2.78 bits per heavy atom. The Bertz CT molecular complexity index is 374. The van der Waals surface area contributed by atoms with Gasteiger partial charge in [0.05, 0.1) is 0 Å². The van der Waals surface area contributed by atoms with Crippen LogP contribution >= 0.6 is 11.8 Å². The highest BCUT2D eigenvalue weighted by Gasteiger charge is 2.16. The molecule has 18 heavy (non-hydrogen) atoms. The predicted octanol–water partition coefficient (Wildman–Crippen LogP) is 2.48. The molecule has 1 aromatic rings. The molecule has 1 saturated carbocycles. The largest absolute Gasteiger partial charge is 0.370 e. The topological polar surface area (TPSA) is 50.4 Å². The molecule has 0 spiro atoms. The van der Waals surface area contributed by atoms with Gasteiger partial charge < -0.3 is 11.1 Å². The molecular weight excluding hydrogens is 242 g/mol. The highest BCUT2D eigenvalue weighted by molar-refractivity contribution is 7.99. The van der Waals surface area contributed by atoms with E-state index < -0.39 is 0 Å². The maximum Gasteiger partial charge on any atom is 0.188 e. The van der Waals surface area contributed by atoms with Crippen LogP contribution in [0.3, 0.4) is 0 Å². The molecule has 0 bridgehead atoms. The van der Waals surface area contributed by atoms with E-state index in [0.29, 0.717) is 5.96 Å². The lowest BCUT2D eigenvalue weighted by Gasteiger charge is -2.23. The molecule has 3 nitrogen and oxygen atoms in total. The minimum Gasteiger partial charge on any atom is -0.370 e. The summed E-state index contributed by atoms with van der Waals surface area (Å²) in [6, 6.07) is 10.4. The van der Waals surface area contributed by atoms with E-state index in [2.05, 4.69) is 34.6 Å². The van der Waals surface area contributed by atoms with Crippen LogP contribution in [0.4, 0.5) is 0 Å². The van der Waals surface area contributed by atoms with Crippen molar-refractivity contribution in [3.8, 4) is 0 Å². The molecule has 2 rings (SSSR count). The SMILES string of the molecule is NC(=NCC1CCC1)NCCSc1ccccc1. The van der Waals surface area contributed by atoms with Crippen LogP contribution in [0.25, 0.3) is 0 Å². The normalized spacial score (nSPS) is 16.3. The van der Waals surface area contributed by atoms with Crippen molar-refractivity contribution in [2.75, 3.05) is 18.8 Å². The van der Waals surface area contributed by atoms with E-state index in [9.17, 15) is 0 Å². The smallest absolute Gasteiger partial charge is 0.188 e. The van der Waals surface area contributed by atoms with Crippen molar-refractivity contribution < 1.29 is 0 Å². The third-order valence-electron chi connectivity index (χ3n) is 3.16. The van der Waals surface area contributed by atoms with Crippen molar-refractivity contribution in [3.63, 3.8) is 0 Å². The Hall–Kier alpha value is -1.16. The van der Waals surface area contributed by atoms with Crippen LogP contribution in [-0.2, 0) is 0 Å². The molecule has 0 unspecified atom stereocenters. The van der Waals surface area contributed by atoms with Gasteiger partial charge >= 0.3 is 0 Å². The van der Waals surface area contributed by atoms with Gasteiger partial charge in [0.1, 0.15) is 0 Å². The van der Waals surface area contributed by atoms with E-state index in [4.69, 9.17) is 5.73 Å². The van der Waals surface area contributed by atoms with Gasteiger partial charge in [-0.2, -0.15) is 0 Å². The van der Waals surface area contributed by atoms with Crippen LogP contribution in [0.15, 0.2) is 40.2 Å². The zero-order valence-corrected chi connectivity index (χ0v) is 11.5. The summed E-state index contributed by atoms with van der Waals surface area (Å²) in [6.45, 7) is 1.75. The summed E-state index contributed by atoms with van der Waals surface area (Å²) in [7, 11) is 0. The summed E-state index contributed by atoms with van der Waals surface area (Å²) in [5.41, 5.74) is 5.81. The summed E-state index contributed by atoms with van der Waals surface area (Å²) < 4.78 is 0. The van der Waals surface area contributed by atoms with Crippen molar-refractivity contribution in [2.24, 2.45) is 16.6 Å². The summed E-state index contributed by atoms with van der Waals surface area (Å²) in [4.78, 5) is 5.66. The Labute approximate surface area is 113 Å². The van der Waals surface area contributed by atoms with E-state index >= 15 is 0 Å². The van der Waals surface area contributed by atoms with E-state index in [1.54, 1.807) is 0 Å². The molecule has 4 heteroatoms. The van der Waals surface area contributed by atoms with Gasteiger partial charge in [-0.25, -0.2) is 0 Å². The molecule has 1 fully saturated rings. The second-order valence-electron chi connectivity index (χ2n) is 4.61. The first-order valence-electron chi connectivity index (χ1n) is 6.56. The van der Waals surface area contributed by atoms with Gasteiger partial charge in [0.25, 0.3) is 0 Å². The first-order chi connectivity index (χ1) is 8.84. The maximum absolute atomic E-state index is 5.81. The number of nitrogens with one attached hydrogen (secondary N) is 1. The molecule has 0 radical (unpaired) electrons. The highest BCUT2D eigenvalue weighted by Crippen LogP contribution is 2.26. The molecule has 3 N–H and O–H groups in total. The second-order valence-corrected chi connectivity index (χ2v) is 5.78. The third kappa shape index (κ3) is 4.61. The lowest BCUT2D eigenvalue weighted by molar-refractivity contribution is 0.326. The number of hydrogen-bond donors (Lipinski definition) is 2.